The topological polar surface area (TPSA) is 112 Å². The highest BCUT2D eigenvalue weighted by molar-refractivity contribution is 5.90. The van der Waals surface area contributed by atoms with Gasteiger partial charge in [0.2, 0.25) is 0 Å². The molecule has 0 aromatic heterocycles. The lowest BCUT2D eigenvalue weighted by Crippen LogP contribution is -2.17. The maximum absolute atomic E-state index is 11.7. The zero-order chi connectivity index (χ0) is 19.6. The Kier molecular flexibility index (Phi) is 10.2. The number of carboxylic acids is 3. The molecular formula is C19H28O6. The van der Waals surface area contributed by atoms with Crippen LogP contribution in [-0.2, 0) is 14.4 Å². The summed E-state index contributed by atoms with van der Waals surface area (Å²) in [6.07, 6.45) is 6.21. The predicted molar refractivity (Wildman–Crippen MR) is 95.2 cm³/mol. The number of allylic oxidation sites excluding steroid dienone is 2. The van der Waals surface area contributed by atoms with Gasteiger partial charge >= 0.3 is 17.9 Å². The molecule has 6 heteroatoms. The molecule has 0 aliphatic heterocycles. The van der Waals surface area contributed by atoms with E-state index in [4.69, 9.17) is 5.11 Å². The SMILES string of the molecule is C=C(C(=O)O)C(C=C(C(=O)O)C(C=CC(=O)O)CC(C)C)CCCC. The lowest BCUT2D eigenvalue weighted by Gasteiger charge is -2.20. The third-order valence-corrected chi connectivity index (χ3v) is 3.81. The van der Waals surface area contributed by atoms with Crippen molar-refractivity contribution >= 4 is 17.9 Å². The Morgan fingerprint density at radius 1 is 1.04 bits per heavy atom. The van der Waals surface area contributed by atoms with Gasteiger partial charge in [0.1, 0.15) is 0 Å². The molecule has 0 spiro atoms. The van der Waals surface area contributed by atoms with E-state index >= 15 is 0 Å². The standard InChI is InChI=1S/C19H28O6/c1-5-6-7-14(13(4)18(22)23)11-16(19(24)25)15(10-12(2)3)8-9-17(20)21/h8-9,11-12,14-15H,4-7,10H2,1-3H3,(H,20,21)(H,22,23)(H,24,25). The molecule has 2 atom stereocenters. The van der Waals surface area contributed by atoms with E-state index in [2.05, 4.69) is 6.58 Å². The van der Waals surface area contributed by atoms with Crippen LogP contribution in [0.4, 0.5) is 0 Å². The van der Waals surface area contributed by atoms with Crippen molar-refractivity contribution < 1.29 is 29.7 Å². The molecule has 0 fully saturated rings. The van der Waals surface area contributed by atoms with Gasteiger partial charge in [0, 0.05) is 29.1 Å². The molecule has 3 N–H and O–H groups in total. The van der Waals surface area contributed by atoms with Crippen LogP contribution >= 0.6 is 0 Å². The average molecular weight is 352 g/mol. The highest BCUT2D eigenvalue weighted by Crippen LogP contribution is 2.27. The van der Waals surface area contributed by atoms with E-state index in [1.807, 2.05) is 20.8 Å². The highest BCUT2D eigenvalue weighted by Gasteiger charge is 2.24. The fourth-order valence-electron chi connectivity index (χ4n) is 2.53. The van der Waals surface area contributed by atoms with Gasteiger partial charge in [-0.2, -0.15) is 0 Å². The predicted octanol–water partition coefficient (Wildman–Crippen LogP) is 3.75. The lowest BCUT2D eigenvalue weighted by molar-refractivity contribution is -0.134. The molecule has 0 aromatic carbocycles. The van der Waals surface area contributed by atoms with Crippen molar-refractivity contribution in [1.29, 1.82) is 0 Å². The number of hydrogen-bond acceptors (Lipinski definition) is 3. The Labute approximate surface area is 148 Å². The second-order valence-corrected chi connectivity index (χ2v) is 6.44. The molecular weight excluding hydrogens is 324 g/mol. The smallest absolute Gasteiger partial charge is 0.331 e. The van der Waals surface area contributed by atoms with Crippen LogP contribution in [0.1, 0.15) is 46.5 Å². The Hall–Kier alpha value is -2.37. The average Bonchev–Trinajstić information content (AvgIpc) is 2.50. The Bertz CT molecular complexity index is 556. The van der Waals surface area contributed by atoms with Crippen molar-refractivity contribution in [3.8, 4) is 0 Å². The van der Waals surface area contributed by atoms with Gasteiger partial charge in [-0.15, -0.1) is 0 Å². The first-order valence-electron chi connectivity index (χ1n) is 8.38. The van der Waals surface area contributed by atoms with Gasteiger partial charge in [0.15, 0.2) is 0 Å². The Morgan fingerprint density at radius 2 is 1.64 bits per heavy atom. The molecule has 0 rings (SSSR count). The van der Waals surface area contributed by atoms with Crippen LogP contribution in [-0.4, -0.2) is 33.2 Å². The number of hydrogen-bond donors (Lipinski definition) is 3. The van der Waals surface area contributed by atoms with E-state index in [-0.39, 0.29) is 17.1 Å². The van der Waals surface area contributed by atoms with Crippen molar-refractivity contribution in [2.24, 2.45) is 17.8 Å². The summed E-state index contributed by atoms with van der Waals surface area (Å²) in [5.41, 5.74) is -0.0487. The van der Waals surface area contributed by atoms with E-state index in [9.17, 15) is 24.6 Å². The molecule has 0 aliphatic rings. The minimum atomic E-state index is -1.18. The van der Waals surface area contributed by atoms with Crippen LogP contribution in [0.3, 0.4) is 0 Å². The summed E-state index contributed by atoms with van der Waals surface area (Å²) in [7, 11) is 0. The summed E-state index contributed by atoms with van der Waals surface area (Å²) < 4.78 is 0. The van der Waals surface area contributed by atoms with Crippen LogP contribution in [0.2, 0.25) is 0 Å². The molecule has 0 radical (unpaired) electrons. The van der Waals surface area contributed by atoms with Crippen molar-refractivity contribution in [3.63, 3.8) is 0 Å². The molecule has 0 amide bonds. The van der Waals surface area contributed by atoms with Gasteiger partial charge in [-0.3, -0.25) is 0 Å². The van der Waals surface area contributed by atoms with E-state index in [0.717, 1.165) is 18.9 Å². The molecule has 0 aliphatic carbocycles. The van der Waals surface area contributed by atoms with E-state index < -0.39 is 29.7 Å². The molecule has 0 saturated carbocycles. The summed E-state index contributed by atoms with van der Waals surface area (Å²) in [5, 5.41) is 27.6. The maximum atomic E-state index is 11.7. The number of carboxylic acid groups (broad SMARTS) is 3. The number of rotatable bonds is 12. The lowest BCUT2D eigenvalue weighted by atomic mass is 9.84. The summed E-state index contributed by atoms with van der Waals surface area (Å²) in [4.78, 5) is 33.8. The number of aliphatic carboxylic acids is 3. The third kappa shape index (κ3) is 8.88. The first-order chi connectivity index (χ1) is 11.6. The number of carbonyl (C=O) groups is 3. The first kappa shape index (κ1) is 22.6. The van der Waals surface area contributed by atoms with E-state index in [1.54, 1.807) is 0 Å². The molecule has 0 bridgehead atoms. The normalized spacial score (nSPS) is 14.5. The summed E-state index contributed by atoms with van der Waals surface area (Å²) in [6, 6.07) is 0. The number of unbranched alkanes of at least 4 members (excludes halogenated alkanes) is 1. The van der Waals surface area contributed by atoms with Crippen molar-refractivity contribution in [2.45, 2.75) is 46.5 Å². The summed E-state index contributed by atoms with van der Waals surface area (Å²) in [6.45, 7) is 9.34. The first-order valence-corrected chi connectivity index (χ1v) is 8.38. The molecule has 0 heterocycles. The monoisotopic (exact) mass is 352 g/mol. The van der Waals surface area contributed by atoms with Crippen molar-refractivity contribution in [1.82, 2.24) is 0 Å². The summed E-state index contributed by atoms with van der Waals surface area (Å²) in [5.74, 6) is -4.57. The molecule has 0 aromatic rings. The van der Waals surface area contributed by atoms with Gasteiger partial charge in [0.25, 0.3) is 0 Å². The molecule has 6 nitrogen and oxygen atoms in total. The second-order valence-electron chi connectivity index (χ2n) is 6.44. The van der Waals surface area contributed by atoms with Crippen molar-refractivity contribution in [3.05, 3.63) is 36.0 Å². The van der Waals surface area contributed by atoms with E-state index in [0.29, 0.717) is 12.8 Å². The highest BCUT2D eigenvalue weighted by atomic mass is 16.4. The Balaban J connectivity index is 5.89. The van der Waals surface area contributed by atoms with Gasteiger partial charge in [-0.25, -0.2) is 14.4 Å². The molecule has 140 valence electrons. The third-order valence-electron chi connectivity index (χ3n) is 3.81. The second kappa shape index (κ2) is 11.2. The minimum absolute atomic E-state index is 0.00898. The zero-order valence-corrected chi connectivity index (χ0v) is 15.1. The largest absolute Gasteiger partial charge is 0.478 e. The van der Waals surface area contributed by atoms with Crippen LogP contribution in [0.15, 0.2) is 36.0 Å². The molecule has 0 saturated heterocycles. The quantitative estimate of drug-likeness (QED) is 0.461. The van der Waals surface area contributed by atoms with Gasteiger partial charge in [-0.05, 0) is 18.8 Å². The van der Waals surface area contributed by atoms with Crippen LogP contribution < -0.4 is 0 Å². The fourth-order valence-corrected chi connectivity index (χ4v) is 2.53. The molecule has 2 unspecified atom stereocenters. The summed E-state index contributed by atoms with van der Waals surface area (Å²) >= 11 is 0. The molecule has 25 heavy (non-hydrogen) atoms. The van der Waals surface area contributed by atoms with Gasteiger partial charge in [0.05, 0.1) is 0 Å². The van der Waals surface area contributed by atoms with Crippen LogP contribution in [0.25, 0.3) is 0 Å². The zero-order valence-electron chi connectivity index (χ0n) is 15.1. The van der Waals surface area contributed by atoms with E-state index in [1.165, 1.54) is 12.2 Å². The van der Waals surface area contributed by atoms with Crippen LogP contribution in [0, 0.1) is 17.8 Å². The Morgan fingerprint density at radius 3 is 2.04 bits per heavy atom. The van der Waals surface area contributed by atoms with Gasteiger partial charge in [-0.1, -0.05) is 52.3 Å². The fraction of sp³-hybridized carbons (Fsp3) is 0.526. The van der Waals surface area contributed by atoms with Crippen molar-refractivity contribution in [2.75, 3.05) is 0 Å². The maximum Gasteiger partial charge on any atom is 0.331 e. The minimum Gasteiger partial charge on any atom is -0.478 e. The van der Waals surface area contributed by atoms with Gasteiger partial charge < -0.3 is 15.3 Å². The van der Waals surface area contributed by atoms with Crippen LogP contribution in [0.5, 0.6) is 0 Å².